The number of aliphatic hydroxyl groups excluding tert-OH is 1. The van der Waals surface area contributed by atoms with Crippen LogP contribution in [0.4, 0.5) is 11.4 Å². The van der Waals surface area contributed by atoms with Crippen LogP contribution in [-0.2, 0) is 19.1 Å². The SMILES string of the molecule is CCOc1ccc(N2CC=C[C@]3(CC)O[C@]45C=CCN(c6cc(C)ccc6C)C(=O)C4N([C@H](CO)c4ccccc4)C(=O)[C@@H]5[C@@H]3C2=O)cc1. The lowest BCUT2D eigenvalue weighted by molar-refractivity contribution is -0.149. The molecule has 3 amide bonds. The zero-order valence-electron chi connectivity index (χ0n) is 28.4. The molecule has 49 heavy (non-hydrogen) atoms. The first kappa shape index (κ1) is 32.8. The number of benzene rings is 3. The van der Waals surface area contributed by atoms with Crippen LogP contribution in [0.5, 0.6) is 5.75 Å². The van der Waals surface area contributed by atoms with E-state index in [-0.39, 0.29) is 24.3 Å². The van der Waals surface area contributed by atoms with E-state index in [0.717, 1.165) is 16.8 Å². The number of aryl methyl sites for hydroxylation is 2. The van der Waals surface area contributed by atoms with Crippen molar-refractivity contribution in [2.75, 3.05) is 36.1 Å². The largest absolute Gasteiger partial charge is 0.494 e. The van der Waals surface area contributed by atoms with Crippen LogP contribution in [0.15, 0.2) is 97.1 Å². The number of ether oxygens (including phenoxy) is 2. The number of carbonyl (C=O) groups is 3. The van der Waals surface area contributed by atoms with Crippen molar-refractivity contribution in [2.45, 2.75) is 57.4 Å². The van der Waals surface area contributed by atoms with Gasteiger partial charge < -0.3 is 29.3 Å². The number of hydrogen-bond donors (Lipinski definition) is 1. The van der Waals surface area contributed by atoms with Crippen LogP contribution in [0.1, 0.15) is 43.0 Å². The van der Waals surface area contributed by atoms with Crippen LogP contribution in [0.2, 0.25) is 0 Å². The number of nitrogens with zero attached hydrogens (tertiary/aromatic N) is 3. The number of fused-ring (bicyclic) bond motifs is 2. The van der Waals surface area contributed by atoms with Gasteiger partial charge in [-0.3, -0.25) is 14.4 Å². The van der Waals surface area contributed by atoms with Gasteiger partial charge in [0.1, 0.15) is 17.4 Å². The summed E-state index contributed by atoms with van der Waals surface area (Å²) in [7, 11) is 0. The summed E-state index contributed by atoms with van der Waals surface area (Å²) in [4.78, 5) is 50.2. The molecule has 7 rings (SSSR count). The number of aliphatic hydroxyl groups is 1. The van der Waals surface area contributed by atoms with E-state index in [1.165, 1.54) is 4.90 Å². The van der Waals surface area contributed by atoms with Gasteiger partial charge >= 0.3 is 0 Å². The molecule has 2 fully saturated rings. The number of amides is 3. The fraction of sp³-hybridized carbons (Fsp3) is 0.375. The van der Waals surface area contributed by atoms with Crippen LogP contribution in [0.3, 0.4) is 0 Å². The van der Waals surface area contributed by atoms with E-state index in [1.54, 1.807) is 9.80 Å². The molecule has 9 heteroatoms. The number of likely N-dealkylation sites (tertiary alicyclic amines) is 1. The Labute approximate surface area is 287 Å². The van der Waals surface area contributed by atoms with Gasteiger partial charge in [0.05, 0.1) is 36.7 Å². The first-order valence-corrected chi connectivity index (χ1v) is 17.2. The first-order valence-electron chi connectivity index (χ1n) is 17.2. The maximum absolute atomic E-state index is 15.2. The van der Waals surface area contributed by atoms with E-state index in [2.05, 4.69) is 0 Å². The second-order valence-corrected chi connectivity index (χ2v) is 13.4. The van der Waals surface area contributed by atoms with Gasteiger partial charge in [-0.2, -0.15) is 0 Å². The maximum Gasteiger partial charge on any atom is 0.253 e. The quantitative estimate of drug-likeness (QED) is 0.329. The Hall–Kier alpha value is -4.73. The topological polar surface area (TPSA) is 99.6 Å². The van der Waals surface area contributed by atoms with E-state index in [0.29, 0.717) is 36.6 Å². The van der Waals surface area contributed by atoms with E-state index in [1.807, 2.05) is 125 Å². The van der Waals surface area contributed by atoms with Crippen LogP contribution >= 0.6 is 0 Å². The van der Waals surface area contributed by atoms with Gasteiger partial charge in [-0.1, -0.05) is 73.7 Å². The van der Waals surface area contributed by atoms with Crippen LogP contribution in [0, 0.1) is 25.7 Å². The average Bonchev–Trinajstić information content (AvgIpc) is 3.40. The molecule has 0 aromatic heterocycles. The normalized spacial score (nSPS) is 28.2. The van der Waals surface area contributed by atoms with Gasteiger partial charge in [-0.05, 0) is 74.2 Å². The summed E-state index contributed by atoms with van der Waals surface area (Å²) in [6, 6.07) is 20.6. The molecule has 4 heterocycles. The molecule has 4 aliphatic rings. The lowest BCUT2D eigenvalue weighted by atomic mass is 9.73. The Morgan fingerprint density at radius 1 is 0.857 bits per heavy atom. The summed E-state index contributed by atoms with van der Waals surface area (Å²) < 4.78 is 12.8. The Morgan fingerprint density at radius 2 is 1.57 bits per heavy atom. The molecule has 1 spiro atoms. The van der Waals surface area contributed by atoms with Crippen molar-refractivity contribution >= 4 is 29.1 Å². The van der Waals surface area contributed by atoms with Gasteiger partial charge in [-0.15, -0.1) is 0 Å². The summed E-state index contributed by atoms with van der Waals surface area (Å²) in [5, 5.41) is 10.9. The molecule has 1 N–H and O–H groups in total. The third-order valence-corrected chi connectivity index (χ3v) is 10.7. The van der Waals surface area contributed by atoms with Crippen molar-refractivity contribution in [3.8, 4) is 5.75 Å². The molecule has 9 nitrogen and oxygen atoms in total. The van der Waals surface area contributed by atoms with E-state index < -0.39 is 41.7 Å². The zero-order chi connectivity index (χ0) is 34.5. The Kier molecular flexibility index (Phi) is 8.45. The van der Waals surface area contributed by atoms with Gasteiger partial charge in [0.2, 0.25) is 11.8 Å². The highest BCUT2D eigenvalue weighted by atomic mass is 16.5. The highest BCUT2D eigenvalue weighted by Crippen LogP contribution is 2.60. The van der Waals surface area contributed by atoms with Crippen molar-refractivity contribution in [3.05, 3.63) is 114 Å². The number of hydrogen-bond acceptors (Lipinski definition) is 6. The van der Waals surface area contributed by atoms with Crippen molar-refractivity contribution in [1.82, 2.24) is 4.90 Å². The Balaban J connectivity index is 1.39. The summed E-state index contributed by atoms with van der Waals surface area (Å²) in [6.07, 6.45) is 8.03. The lowest BCUT2D eigenvalue weighted by Gasteiger charge is -2.41. The Morgan fingerprint density at radius 3 is 2.27 bits per heavy atom. The van der Waals surface area contributed by atoms with E-state index in [4.69, 9.17) is 9.47 Å². The van der Waals surface area contributed by atoms with E-state index >= 15 is 9.59 Å². The van der Waals surface area contributed by atoms with Crippen molar-refractivity contribution < 1.29 is 29.0 Å². The minimum Gasteiger partial charge on any atom is -0.494 e. The predicted molar refractivity (Wildman–Crippen MR) is 187 cm³/mol. The number of rotatable bonds is 8. The van der Waals surface area contributed by atoms with Crippen LogP contribution in [-0.4, -0.2) is 71.3 Å². The Bertz CT molecular complexity index is 1820. The third kappa shape index (κ3) is 5.09. The smallest absolute Gasteiger partial charge is 0.253 e. The lowest BCUT2D eigenvalue weighted by Crippen LogP contribution is -2.57. The molecule has 0 saturated carbocycles. The predicted octanol–water partition coefficient (Wildman–Crippen LogP) is 5.30. The molecule has 1 unspecified atom stereocenters. The maximum atomic E-state index is 15.2. The summed E-state index contributed by atoms with van der Waals surface area (Å²) in [6.45, 7) is 8.49. The fourth-order valence-electron chi connectivity index (χ4n) is 8.41. The third-order valence-electron chi connectivity index (χ3n) is 10.7. The summed E-state index contributed by atoms with van der Waals surface area (Å²) in [5.41, 5.74) is 1.43. The molecular weight excluding hydrogens is 618 g/mol. The highest BCUT2D eigenvalue weighted by molar-refractivity contribution is 6.08. The molecule has 0 radical (unpaired) electrons. The van der Waals surface area contributed by atoms with Crippen LogP contribution < -0.4 is 14.5 Å². The van der Waals surface area contributed by atoms with Gasteiger partial charge in [-0.25, -0.2) is 0 Å². The molecule has 0 aliphatic carbocycles. The molecule has 4 aliphatic heterocycles. The van der Waals surface area contributed by atoms with Gasteiger partial charge in [0.25, 0.3) is 5.91 Å². The van der Waals surface area contributed by atoms with Crippen molar-refractivity contribution in [3.63, 3.8) is 0 Å². The molecule has 6 atom stereocenters. The fourth-order valence-corrected chi connectivity index (χ4v) is 8.41. The second kappa shape index (κ2) is 12.6. The zero-order valence-corrected chi connectivity index (χ0v) is 28.4. The summed E-state index contributed by atoms with van der Waals surface area (Å²) >= 11 is 0. The van der Waals surface area contributed by atoms with Crippen LogP contribution in [0.25, 0.3) is 0 Å². The van der Waals surface area contributed by atoms with Gasteiger partial charge in [0.15, 0.2) is 0 Å². The number of carbonyl (C=O) groups excluding carboxylic acids is 3. The first-order chi connectivity index (χ1) is 23.7. The molecule has 2 saturated heterocycles. The van der Waals surface area contributed by atoms with Gasteiger partial charge in [0, 0.05) is 24.5 Å². The van der Waals surface area contributed by atoms with E-state index in [9.17, 15) is 9.90 Å². The average molecular weight is 662 g/mol. The molecule has 3 aromatic carbocycles. The minimum absolute atomic E-state index is 0.247. The standard InChI is InChI=1S/C40H43N3O6/c1-5-39-20-10-22-41(29-16-18-30(19-17-29)48-6-2)36(45)33(39)34-37(46)43(32(25-44)28-12-8-7-9-13-28)35-38(47)42(23-11-21-40(34,35)49-39)31-24-26(3)14-15-27(31)4/h7-21,24,32-35,44H,5-6,22-23,25H2,1-4H3/t32-,33-,34+,35?,39+,40+/m1/s1. The molecule has 254 valence electrons. The minimum atomic E-state index is -1.47. The monoisotopic (exact) mass is 661 g/mol. The highest BCUT2D eigenvalue weighted by Gasteiger charge is 2.76. The molecule has 3 aromatic rings. The molecule has 0 bridgehead atoms. The number of anilines is 2. The van der Waals surface area contributed by atoms with Crippen molar-refractivity contribution in [1.29, 1.82) is 0 Å². The summed E-state index contributed by atoms with van der Waals surface area (Å²) in [5.74, 6) is -2.19. The second-order valence-electron chi connectivity index (χ2n) is 13.4. The van der Waals surface area contributed by atoms with Crippen molar-refractivity contribution in [2.24, 2.45) is 11.8 Å². The molecular formula is C40H43N3O6.